The van der Waals surface area contributed by atoms with E-state index in [9.17, 15) is 14.7 Å². The van der Waals surface area contributed by atoms with Crippen molar-refractivity contribution in [2.75, 3.05) is 0 Å². The first-order chi connectivity index (χ1) is 12.8. The van der Waals surface area contributed by atoms with Crippen LogP contribution in [0.15, 0.2) is 60.7 Å². The molecule has 2 rings (SSSR count). The number of aryl methyl sites for hydroxylation is 1. The lowest BCUT2D eigenvalue weighted by atomic mass is 10.0. The van der Waals surface area contributed by atoms with Crippen LogP contribution in [0.2, 0.25) is 0 Å². The number of carbonyl (C=O) groups excluding carboxylic acids is 2. The van der Waals surface area contributed by atoms with Gasteiger partial charge in [-0.25, -0.2) is 4.79 Å². The smallest absolute Gasteiger partial charge is 0.331 e. The second kappa shape index (κ2) is 9.33. The van der Waals surface area contributed by atoms with Crippen LogP contribution in [0.25, 0.3) is 0 Å². The van der Waals surface area contributed by atoms with Crippen molar-refractivity contribution in [2.45, 2.75) is 51.4 Å². The van der Waals surface area contributed by atoms with Crippen LogP contribution in [0.5, 0.6) is 0 Å². The Kier molecular flexibility index (Phi) is 7.13. The average molecular weight is 369 g/mol. The van der Waals surface area contributed by atoms with Gasteiger partial charge >= 0.3 is 5.97 Å². The number of ether oxygens (including phenoxy) is 1. The molecular weight excluding hydrogens is 342 g/mol. The molecule has 5 nitrogen and oxygen atoms in total. The van der Waals surface area contributed by atoms with Gasteiger partial charge in [0.1, 0.15) is 5.60 Å². The van der Waals surface area contributed by atoms with Crippen LogP contribution in [0.3, 0.4) is 0 Å². The van der Waals surface area contributed by atoms with E-state index in [1.54, 1.807) is 51.1 Å². The standard InChI is InChI=1S/C22H27NO4/c1-22(2,3)27-21(26)19(23-20(25)17-12-8-5-9-13-17)18(24)15-14-16-10-6-4-7-11-16/h4-13,18-19,24H,14-15H2,1-3H3,(H,23,25). The summed E-state index contributed by atoms with van der Waals surface area (Å²) in [4.78, 5) is 25.1. The quantitative estimate of drug-likeness (QED) is 0.736. The fraction of sp³-hybridized carbons (Fsp3) is 0.364. The molecule has 144 valence electrons. The van der Waals surface area contributed by atoms with Crippen molar-refractivity contribution in [1.29, 1.82) is 0 Å². The molecule has 0 aliphatic heterocycles. The largest absolute Gasteiger partial charge is 0.458 e. The topological polar surface area (TPSA) is 75.6 Å². The minimum atomic E-state index is -1.14. The SMILES string of the molecule is CC(C)(C)OC(=O)C(NC(=O)c1ccccc1)C(O)CCc1ccccc1. The van der Waals surface area contributed by atoms with Gasteiger partial charge in [0.25, 0.3) is 5.91 Å². The summed E-state index contributed by atoms with van der Waals surface area (Å²) < 4.78 is 5.40. The lowest BCUT2D eigenvalue weighted by Gasteiger charge is -2.27. The minimum Gasteiger partial charge on any atom is -0.458 e. The third-order valence-corrected chi connectivity index (χ3v) is 3.94. The molecule has 5 heteroatoms. The summed E-state index contributed by atoms with van der Waals surface area (Å²) in [5, 5.41) is 13.2. The molecule has 2 atom stereocenters. The van der Waals surface area contributed by atoms with Gasteiger partial charge in [0.2, 0.25) is 0 Å². The van der Waals surface area contributed by atoms with E-state index < -0.39 is 29.6 Å². The highest BCUT2D eigenvalue weighted by Crippen LogP contribution is 2.14. The van der Waals surface area contributed by atoms with Crippen molar-refractivity contribution >= 4 is 11.9 Å². The number of esters is 1. The average Bonchev–Trinajstić information content (AvgIpc) is 2.64. The van der Waals surface area contributed by atoms with Crippen LogP contribution in [0.1, 0.15) is 43.1 Å². The molecule has 0 saturated heterocycles. The zero-order chi connectivity index (χ0) is 19.9. The molecule has 1 amide bonds. The highest BCUT2D eigenvalue weighted by molar-refractivity contribution is 5.96. The molecule has 2 N–H and O–H groups in total. The number of rotatable bonds is 7. The van der Waals surface area contributed by atoms with E-state index in [2.05, 4.69) is 5.32 Å². The molecule has 0 aromatic heterocycles. The molecule has 2 aromatic rings. The summed E-state index contributed by atoms with van der Waals surface area (Å²) in [7, 11) is 0. The molecule has 2 unspecified atom stereocenters. The Morgan fingerprint density at radius 3 is 2.11 bits per heavy atom. The molecule has 0 heterocycles. The maximum Gasteiger partial charge on any atom is 0.331 e. The molecular formula is C22H27NO4. The van der Waals surface area contributed by atoms with Crippen molar-refractivity contribution in [3.05, 3.63) is 71.8 Å². The van der Waals surface area contributed by atoms with Crippen LogP contribution in [-0.2, 0) is 16.0 Å². The van der Waals surface area contributed by atoms with Crippen LogP contribution in [-0.4, -0.2) is 34.7 Å². The van der Waals surface area contributed by atoms with Gasteiger partial charge in [-0.1, -0.05) is 48.5 Å². The zero-order valence-electron chi connectivity index (χ0n) is 16.0. The Labute approximate surface area is 160 Å². The molecule has 0 aliphatic rings. The number of carbonyl (C=O) groups is 2. The molecule has 0 bridgehead atoms. The second-order valence-electron chi connectivity index (χ2n) is 7.44. The molecule has 2 aromatic carbocycles. The summed E-state index contributed by atoms with van der Waals surface area (Å²) in [6, 6.07) is 17.1. The second-order valence-corrected chi connectivity index (χ2v) is 7.44. The van der Waals surface area contributed by atoms with E-state index in [1.807, 2.05) is 30.3 Å². The van der Waals surface area contributed by atoms with E-state index in [-0.39, 0.29) is 0 Å². The Hall–Kier alpha value is -2.66. The molecule has 0 saturated carbocycles. The van der Waals surface area contributed by atoms with Crippen LogP contribution >= 0.6 is 0 Å². The van der Waals surface area contributed by atoms with E-state index in [0.29, 0.717) is 18.4 Å². The van der Waals surface area contributed by atoms with Gasteiger partial charge in [0.05, 0.1) is 6.10 Å². The summed E-state index contributed by atoms with van der Waals surface area (Å²) in [6.07, 6.45) is -0.154. The van der Waals surface area contributed by atoms with Gasteiger partial charge < -0.3 is 15.2 Å². The normalized spacial score (nSPS) is 13.5. The number of nitrogens with one attached hydrogen (secondary N) is 1. The molecule has 0 radical (unpaired) electrons. The third-order valence-electron chi connectivity index (χ3n) is 3.94. The van der Waals surface area contributed by atoms with Gasteiger partial charge in [-0.15, -0.1) is 0 Å². The van der Waals surface area contributed by atoms with E-state index in [4.69, 9.17) is 4.74 Å². The number of hydrogen-bond donors (Lipinski definition) is 2. The highest BCUT2D eigenvalue weighted by Gasteiger charge is 2.32. The minimum absolute atomic E-state index is 0.322. The van der Waals surface area contributed by atoms with Crippen molar-refractivity contribution in [1.82, 2.24) is 5.32 Å². The maximum atomic E-state index is 12.6. The van der Waals surface area contributed by atoms with E-state index in [1.165, 1.54) is 0 Å². The maximum absolute atomic E-state index is 12.6. The number of aliphatic hydroxyl groups excluding tert-OH is 1. The summed E-state index contributed by atoms with van der Waals surface area (Å²) in [5.74, 6) is -1.07. The Morgan fingerprint density at radius 1 is 1.00 bits per heavy atom. The van der Waals surface area contributed by atoms with Crippen LogP contribution in [0.4, 0.5) is 0 Å². The fourth-order valence-corrected chi connectivity index (χ4v) is 2.62. The molecule has 0 aliphatic carbocycles. The van der Waals surface area contributed by atoms with Gasteiger partial charge in [-0.05, 0) is 51.3 Å². The van der Waals surface area contributed by atoms with Crippen molar-refractivity contribution < 1.29 is 19.4 Å². The predicted octanol–water partition coefficient (Wildman–Crippen LogP) is 3.12. The summed E-state index contributed by atoms with van der Waals surface area (Å²) >= 11 is 0. The number of aliphatic hydroxyl groups is 1. The van der Waals surface area contributed by atoms with Crippen LogP contribution < -0.4 is 5.32 Å². The molecule has 0 fully saturated rings. The fourth-order valence-electron chi connectivity index (χ4n) is 2.62. The van der Waals surface area contributed by atoms with E-state index in [0.717, 1.165) is 5.56 Å². The number of benzene rings is 2. The third kappa shape index (κ3) is 6.87. The van der Waals surface area contributed by atoms with Crippen molar-refractivity contribution in [2.24, 2.45) is 0 Å². The van der Waals surface area contributed by atoms with Crippen molar-refractivity contribution in [3.63, 3.8) is 0 Å². The van der Waals surface area contributed by atoms with Gasteiger partial charge in [0.15, 0.2) is 6.04 Å². The highest BCUT2D eigenvalue weighted by atomic mass is 16.6. The number of amides is 1. The Balaban J connectivity index is 2.10. The Morgan fingerprint density at radius 2 is 1.56 bits per heavy atom. The van der Waals surface area contributed by atoms with Gasteiger partial charge in [0, 0.05) is 5.56 Å². The van der Waals surface area contributed by atoms with E-state index >= 15 is 0 Å². The van der Waals surface area contributed by atoms with Crippen molar-refractivity contribution in [3.8, 4) is 0 Å². The number of hydrogen-bond acceptors (Lipinski definition) is 4. The zero-order valence-corrected chi connectivity index (χ0v) is 16.0. The monoisotopic (exact) mass is 369 g/mol. The first-order valence-electron chi connectivity index (χ1n) is 9.07. The lowest BCUT2D eigenvalue weighted by molar-refractivity contribution is -0.160. The molecule has 0 spiro atoms. The predicted molar refractivity (Wildman–Crippen MR) is 104 cm³/mol. The van der Waals surface area contributed by atoms with Crippen LogP contribution in [0, 0.1) is 0 Å². The first-order valence-corrected chi connectivity index (χ1v) is 9.07. The van der Waals surface area contributed by atoms with Gasteiger partial charge in [-0.2, -0.15) is 0 Å². The summed E-state index contributed by atoms with van der Waals surface area (Å²) in [5.41, 5.74) is 0.751. The first kappa shape index (κ1) is 20.6. The Bertz CT molecular complexity index is 738. The lowest BCUT2D eigenvalue weighted by Crippen LogP contribution is -2.51. The summed E-state index contributed by atoms with van der Waals surface area (Å²) in [6.45, 7) is 5.24. The van der Waals surface area contributed by atoms with Gasteiger partial charge in [-0.3, -0.25) is 4.79 Å². The molecule has 27 heavy (non-hydrogen) atoms.